The van der Waals surface area contributed by atoms with E-state index in [-0.39, 0.29) is 36.7 Å². The first kappa shape index (κ1) is 32.4. The first-order chi connectivity index (χ1) is 17.9. The molecule has 6 atom stereocenters. The van der Waals surface area contributed by atoms with Crippen molar-refractivity contribution in [3.05, 3.63) is 24.3 Å². The fourth-order valence-electron chi connectivity index (χ4n) is 4.37. The summed E-state index contributed by atoms with van der Waals surface area (Å²) >= 11 is 0. The Hall–Kier alpha value is -1.79. The van der Waals surface area contributed by atoms with Gasteiger partial charge in [-0.15, -0.1) is 0 Å². The third-order valence-electron chi connectivity index (χ3n) is 6.20. The molecule has 0 heterocycles. The first-order valence-corrected chi connectivity index (χ1v) is 16.1. The Kier molecular flexibility index (Phi) is 12.9. The van der Waals surface area contributed by atoms with Crippen LogP contribution in [0, 0.1) is 5.92 Å². The minimum absolute atomic E-state index is 0.00567. The van der Waals surface area contributed by atoms with Crippen molar-refractivity contribution < 1.29 is 42.4 Å². The molecule has 13 heteroatoms. The number of amides is 1. The molecule has 1 saturated carbocycles. The maximum Gasteiger partial charge on any atom is 0.407 e. The zero-order valence-corrected chi connectivity index (χ0v) is 24.5. The molecule has 0 aliphatic heterocycles. The van der Waals surface area contributed by atoms with Gasteiger partial charge in [0.1, 0.15) is 24.8 Å². The Bertz CT molecular complexity index is 1010. The molecule has 0 radical (unpaired) electrons. The quantitative estimate of drug-likeness (QED) is 0.210. The van der Waals surface area contributed by atoms with Gasteiger partial charge in [-0.1, -0.05) is 13.8 Å². The molecule has 3 N–H and O–H groups in total. The Morgan fingerprint density at radius 1 is 1.21 bits per heavy atom. The van der Waals surface area contributed by atoms with Crippen LogP contribution in [0.2, 0.25) is 0 Å². The van der Waals surface area contributed by atoms with Crippen molar-refractivity contribution in [1.82, 2.24) is 9.62 Å². The van der Waals surface area contributed by atoms with Gasteiger partial charge in [-0.3, -0.25) is 0 Å². The van der Waals surface area contributed by atoms with Gasteiger partial charge in [-0.25, -0.2) is 13.2 Å². The standard InChI is InChI=1S/C25H41N2O9PS/c1-17(2)13-27(38(31,32)20-9-7-18(33-3)8-10-20)14-24(34-4)21(15-37(5)6)26-25(30)36-19-11-22(29)23(12-19)35-16-28/h7-10,17,19,21-24,28-29H,5,11-16H2,1-4,6H3/p+1. The van der Waals surface area contributed by atoms with Gasteiger partial charge in [-0.2, -0.15) is 4.31 Å². The third kappa shape index (κ3) is 9.44. The van der Waals surface area contributed by atoms with Crippen LogP contribution in [0.25, 0.3) is 0 Å². The van der Waals surface area contributed by atoms with Crippen LogP contribution in [0.15, 0.2) is 29.2 Å². The summed E-state index contributed by atoms with van der Waals surface area (Å²) in [6.45, 7) is 5.53. The van der Waals surface area contributed by atoms with Crippen molar-refractivity contribution in [2.24, 2.45) is 5.92 Å². The number of nitrogens with one attached hydrogen (secondary N) is 1. The first-order valence-electron chi connectivity index (χ1n) is 12.5. The highest BCUT2D eigenvalue weighted by Crippen LogP contribution is 2.26. The molecule has 0 saturated heterocycles. The molecule has 38 heavy (non-hydrogen) atoms. The summed E-state index contributed by atoms with van der Waals surface area (Å²) in [6, 6.07) is 5.62. The van der Waals surface area contributed by atoms with Gasteiger partial charge in [0.2, 0.25) is 10.0 Å². The minimum atomic E-state index is -3.87. The maximum absolute atomic E-state index is 13.6. The van der Waals surface area contributed by atoms with E-state index in [0.717, 1.165) is 0 Å². The van der Waals surface area contributed by atoms with Gasteiger partial charge in [0.05, 0.1) is 56.9 Å². The van der Waals surface area contributed by atoms with Gasteiger partial charge in [0.25, 0.3) is 0 Å². The van der Waals surface area contributed by atoms with Crippen LogP contribution >= 0.6 is 7.55 Å². The minimum Gasteiger partial charge on any atom is -0.497 e. The van der Waals surface area contributed by atoms with Crippen LogP contribution in [-0.2, 0) is 24.2 Å². The van der Waals surface area contributed by atoms with Gasteiger partial charge >= 0.3 is 6.09 Å². The molecule has 0 bridgehead atoms. The Labute approximate surface area is 226 Å². The second-order valence-electron chi connectivity index (χ2n) is 9.86. The fourth-order valence-corrected chi connectivity index (χ4v) is 6.99. The molecule has 1 amide bonds. The average Bonchev–Trinajstić information content (AvgIpc) is 3.19. The number of ether oxygens (including phenoxy) is 4. The summed E-state index contributed by atoms with van der Waals surface area (Å²) in [5.41, 5.74) is 0. The van der Waals surface area contributed by atoms with Gasteiger partial charge in [0, 0.05) is 33.0 Å². The molecular formula is C25H42N2O9PS+. The molecule has 2 rings (SSSR count). The van der Waals surface area contributed by atoms with E-state index in [1.807, 2.05) is 20.5 Å². The lowest BCUT2D eigenvalue weighted by Crippen LogP contribution is -2.52. The van der Waals surface area contributed by atoms with Gasteiger partial charge in [0.15, 0.2) is 0 Å². The number of carbonyl (C=O) groups is 1. The third-order valence-corrected chi connectivity index (χ3v) is 9.07. The number of sulfonamides is 1. The Morgan fingerprint density at radius 3 is 2.39 bits per heavy atom. The molecule has 11 nitrogen and oxygen atoms in total. The van der Waals surface area contributed by atoms with Crippen molar-refractivity contribution in [2.45, 2.75) is 62.0 Å². The zero-order valence-electron chi connectivity index (χ0n) is 22.8. The highest BCUT2D eigenvalue weighted by molar-refractivity contribution is 7.89. The predicted molar refractivity (Wildman–Crippen MR) is 147 cm³/mol. The number of carbonyl (C=O) groups excluding carboxylic acids is 1. The fraction of sp³-hybridized carbons (Fsp3) is 0.680. The molecule has 6 unspecified atom stereocenters. The van der Waals surface area contributed by atoms with E-state index in [9.17, 15) is 18.3 Å². The van der Waals surface area contributed by atoms with Crippen LogP contribution in [0.4, 0.5) is 4.79 Å². The number of hydrogen-bond donors (Lipinski definition) is 3. The maximum atomic E-state index is 13.6. The van der Waals surface area contributed by atoms with Crippen LogP contribution < -0.4 is 10.1 Å². The molecule has 1 fully saturated rings. The SMILES string of the molecule is C=[P+](C)CC(NC(=O)OC1CC(O)C(OCO)C1)C(CN(CC(C)C)S(=O)(=O)c1ccc(OC)cc1)OC. The number of hydrogen-bond acceptors (Lipinski definition) is 9. The number of rotatable bonds is 15. The molecule has 1 aromatic rings. The monoisotopic (exact) mass is 577 g/mol. The van der Waals surface area contributed by atoms with E-state index in [1.165, 1.54) is 30.7 Å². The summed E-state index contributed by atoms with van der Waals surface area (Å²) in [5.74, 6) is 0.587. The predicted octanol–water partition coefficient (Wildman–Crippen LogP) is 1.85. The van der Waals surface area contributed by atoms with Crippen LogP contribution in [0.1, 0.15) is 26.7 Å². The van der Waals surface area contributed by atoms with E-state index in [0.29, 0.717) is 11.9 Å². The summed E-state index contributed by atoms with van der Waals surface area (Å²) in [7, 11) is -1.62. The van der Waals surface area contributed by atoms with E-state index in [2.05, 4.69) is 11.6 Å². The van der Waals surface area contributed by atoms with Gasteiger partial charge < -0.3 is 34.5 Å². The number of methoxy groups -OCH3 is 2. The molecule has 1 aromatic carbocycles. The molecule has 216 valence electrons. The molecular weight excluding hydrogens is 535 g/mol. The molecule has 0 spiro atoms. The van der Waals surface area contributed by atoms with E-state index in [4.69, 9.17) is 24.1 Å². The zero-order chi connectivity index (χ0) is 28.5. The lowest BCUT2D eigenvalue weighted by Gasteiger charge is -2.31. The summed E-state index contributed by atoms with van der Waals surface area (Å²) in [6.07, 6.45) is 1.58. The number of nitrogens with zero attached hydrogens (tertiary/aromatic N) is 1. The van der Waals surface area contributed by atoms with Crippen molar-refractivity contribution >= 4 is 30.0 Å². The topological polar surface area (TPSA) is 144 Å². The van der Waals surface area contributed by atoms with Crippen LogP contribution in [-0.4, -0.2) is 113 Å². The van der Waals surface area contributed by atoms with Crippen LogP contribution in [0.5, 0.6) is 5.75 Å². The highest BCUT2D eigenvalue weighted by Gasteiger charge is 2.38. The van der Waals surface area contributed by atoms with Crippen LogP contribution in [0.3, 0.4) is 0 Å². The number of benzene rings is 1. The normalized spacial score (nSPS) is 21.8. The average molecular weight is 578 g/mol. The lowest BCUT2D eigenvalue weighted by atomic mass is 10.1. The lowest BCUT2D eigenvalue weighted by molar-refractivity contribution is -0.0864. The van der Waals surface area contributed by atoms with Crippen molar-refractivity contribution in [2.75, 3.05) is 46.9 Å². The molecule has 0 aromatic heterocycles. The largest absolute Gasteiger partial charge is 0.497 e. The number of aliphatic hydroxyl groups is 2. The molecule has 1 aliphatic rings. The second kappa shape index (κ2) is 15.1. The Balaban J connectivity index is 2.20. The molecule has 1 aliphatic carbocycles. The van der Waals surface area contributed by atoms with Gasteiger partial charge in [-0.05, 0) is 30.2 Å². The van der Waals surface area contributed by atoms with E-state index in [1.54, 1.807) is 12.1 Å². The summed E-state index contributed by atoms with van der Waals surface area (Å²) < 4.78 is 50.0. The summed E-state index contributed by atoms with van der Waals surface area (Å²) in [5, 5.41) is 21.9. The smallest absolute Gasteiger partial charge is 0.407 e. The Morgan fingerprint density at radius 2 is 1.87 bits per heavy atom. The van der Waals surface area contributed by atoms with Crippen molar-refractivity contribution in [3.8, 4) is 5.75 Å². The second-order valence-corrected chi connectivity index (χ2v) is 13.9. The number of aliphatic hydroxyl groups excluding tert-OH is 2. The highest BCUT2D eigenvalue weighted by atomic mass is 32.2. The van der Waals surface area contributed by atoms with E-state index < -0.39 is 60.9 Å². The van der Waals surface area contributed by atoms with Crippen molar-refractivity contribution in [3.63, 3.8) is 0 Å². The van der Waals surface area contributed by atoms with E-state index >= 15 is 0 Å². The summed E-state index contributed by atoms with van der Waals surface area (Å²) in [4.78, 5) is 12.9. The van der Waals surface area contributed by atoms with Crippen molar-refractivity contribution in [1.29, 1.82) is 0 Å². The number of alkyl carbamates (subject to hydrolysis) is 1.